The lowest BCUT2D eigenvalue weighted by Gasteiger charge is -2.18. The average Bonchev–Trinajstić information content (AvgIpc) is 2.82. The summed E-state index contributed by atoms with van der Waals surface area (Å²) < 4.78 is 26.5. The molecule has 2 rings (SSSR count). The van der Waals surface area contributed by atoms with Gasteiger partial charge in [0.2, 0.25) is 10.0 Å². The molecule has 2 unspecified atom stereocenters. The normalized spacial score (nSPS) is 21.5. The van der Waals surface area contributed by atoms with Crippen LogP contribution >= 0.6 is 35.6 Å². The van der Waals surface area contributed by atoms with Gasteiger partial charge in [-0.2, -0.15) is 4.31 Å². The summed E-state index contributed by atoms with van der Waals surface area (Å²) in [6.45, 7) is 2.80. The van der Waals surface area contributed by atoms with Crippen LogP contribution in [0.3, 0.4) is 0 Å². The Morgan fingerprint density at radius 3 is 2.60 bits per heavy atom. The van der Waals surface area contributed by atoms with E-state index in [9.17, 15) is 8.42 Å². The minimum Gasteiger partial charge on any atom is -0.328 e. The van der Waals surface area contributed by atoms with Crippen LogP contribution in [0.1, 0.15) is 13.3 Å². The molecular formula is C12H17Cl3N2O2S. The SMILES string of the molecule is CC(N)C1CCN(S(=O)(=O)c2cc(Cl)ccc2Cl)C1.Cl. The molecule has 0 aliphatic carbocycles. The maximum atomic E-state index is 12.5. The molecular weight excluding hydrogens is 343 g/mol. The van der Waals surface area contributed by atoms with Gasteiger partial charge in [-0.25, -0.2) is 8.42 Å². The highest BCUT2D eigenvalue weighted by atomic mass is 35.5. The van der Waals surface area contributed by atoms with E-state index >= 15 is 0 Å². The largest absolute Gasteiger partial charge is 0.328 e. The molecule has 1 saturated heterocycles. The van der Waals surface area contributed by atoms with Crippen molar-refractivity contribution in [1.82, 2.24) is 4.31 Å². The lowest BCUT2D eigenvalue weighted by atomic mass is 10.0. The van der Waals surface area contributed by atoms with Crippen LogP contribution in [0.25, 0.3) is 0 Å². The topological polar surface area (TPSA) is 63.4 Å². The van der Waals surface area contributed by atoms with Crippen molar-refractivity contribution in [3.05, 3.63) is 28.2 Å². The summed E-state index contributed by atoms with van der Waals surface area (Å²) in [4.78, 5) is 0.0620. The molecule has 2 atom stereocenters. The number of rotatable bonds is 3. The number of sulfonamides is 1. The van der Waals surface area contributed by atoms with E-state index in [0.29, 0.717) is 18.1 Å². The summed E-state index contributed by atoms with van der Waals surface area (Å²) >= 11 is 11.8. The van der Waals surface area contributed by atoms with Gasteiger partial charge in [-0.05, 0) is 37.5 Å². The minimum atomic E-state index is -3.60. The smallest absolute Gasteiger partial charge is 0.244 e. The minimum absolute atomic E-state index is 0. The van der Waals surface area contributed by atoms with E-state index in [-0.39, 0.29) is 34.3 Å². The molecule has 0 aromatic heterocycles. The number of nitrogens with zero attached hydrogens (tertiary/aromatic N) is 1. The predicted octanol–water partition coefficient (Wildman–Crippen LogP) is 2.77. The van der Waals surface area contributed by atoms with E-state index in [0.717, 1.165) is 6.42 Å². The van der Waals surface area contributed by atoms with E-state index in [1.54, 1.807) is 6.07 Å². The van der Waals surface area contributed by atoms with Crippen molar-refractivity contribution in [3.8, 4) is 0 Å². The highest BCUT2D eigenvalue weighted by Crippen LogP contribution is 2.31. The van der Waals surface area contributed by atoms with Gasteiger partial charge in [0.15, 0.2) is 0 Å². The second-order valence-corrected chi connectivity index (χ2v) is 7.60. The van der Waals surface area contributed by atoms with Gasteiger partial charge in [0, 0.05) is 24.2 Å². The zero-order valence-corrected chi connectivity index (χ0v) is 14.1. The third kappa shape index (κ3) is 3.59. The number of nitrogens with two attached hydrogens (primary N) is 1. The van der Waals surface area contributed by atoms with Crippen molar-refractivity contribution in [2.45, 2.75) is 24.3 Å². The summed E-state index contributed by atoms with van der Waals surface area (Å²) in [5.41, 5.74) is 5.83. The second kappa shape index (κ2) is 6.81. The molecule has 114 valence electrons. The lowest BCUT2D eigenvalue weighted by Crippen LogP contribution is -2.33. The van der Waals surface area contributed by atoms with Crippen molar-refractivity contribution in [3.63, 3.8) is 0 Å². The standard InChI is InChI=1S/C12H16Cl2N2O2S.ClH/c1-8(15)9-4-5-16(7-9)19(17,18)12-6-10(13)2-3-11(12)14;/h2-3,6,8-9H,4-5,7,15H2,1H3;1H. The van der Waals surface area contributed by atoms with Gasteiger partial charge in [0.1, 0.15) is 4.90 Å². The number of hydrogen-bond acceptors (Lipinski definition) is 3. The number of halogens is 3. The molecule has 8 heteroatoms. The highest BCUT2D eigenvalue weighted by Gasteiger charge is 2.35. The Morgan fingerprint density at radius 1 is 1.40 bits per heavy atom. The summed E-state index contributed by atoms with van der Waals surface area (Å²) in [6.07, 6.45) is 0.773. The zero-order chi connectivity index (χ0) is 14.2. The van der Waals surface area contributed by atoms with Crippen LogP contribution in [0.4, 0.5) is 0 Å². The van der Waals surface area contributed by atoms with E-state index in [4.69, 9.17) is 28.9 Å². The fourth-order valence-corrected chi connectivity index (χ4v) is 4.46. The summed E-state index contributed by atoms with van der Waals surface area (Å²) in [5, 5.41) is 0.541. The first kappa shape index (κ1) is 18.0. The molecule has 1 heterocycles. The molecule has 0 amide bonds. The van der Waals surface area contributed by atoms with E-state index in [1.165, 1.54) is 16.4 Å². The van der Waals surface area contributed by atoms with Gasteiger partial charge in [-0.15, -0.1) is 12.4 Å². The van der Waals surface area contributed by atoms with Crippen molar-refractivity contribution >= 4 is 45.6 Å². The Bertz CT molecular complexity index is 578. The van der Waals surface area contributed by atoms with Crippen LogP contribution in [-0.2, 0) is 10.0 Å². The molecule has 2 N–H and O–H groups in total. The van der Waals surface area contributed by atoms with Crippen LogP contribution in [-0.4, -0.2) is 31.9 Å². The zero-order valence-electron chi connectivity index (χ0n) is 10.9. The fraction of sp³-hybridized carbons (Fsp3) is 0.500. The first-order chi connectivity index (χ1) is 8.82. The van der Waals surface area contributed by atoms with Gasteiger partial charge < -0.3 is 5.73 Å². The molecule has 0 saturated carbocycles. The van der Waals surface area contributed by atoms with Gasteiger partial charge in [-0.1, -0.05) is 23.2 Å². The van der Waals surface area contributed by atoms with Gasteiger partial charge in [-0.3, -0.25) is 0 Å². The molecule has 0 bridgehead atoms. The Labute approximate surface area is 135 Å². The van der Waals surface area contributed by atoms with Crippen LogP contribution in [0, 0.1) is 5.92 Å². The van der Waals surface area contributed by atoms with E-state index in [1.807, 2.05) is 6.92 Å². The molecule has 1 aliphatic heterocycles. The number of benzene rings is 1. The molecule has 1 aromatic rings. The summed E-state index contributed by atoms with van der Waals surface area (Å²) in [6, 6.07) is 4.43. The van der Waals surface area contributed by atoms with Crippen LogP contribution in [0.2, 0.25) is 10.0 Å². The monoisotopic (exact) mass is 358 g/mol. The van der Waals surface area contributed by atoms with Crippen molar-refractivity contribution < 1.29 is 8.42 Å². The Balaban J connectivity index is 0.00000200. The molecule has 4 nitrogen and oxygen atoms in total. The van der Waals surface area contributed by atoms with Crippen molar-refractivity contribution in [1.29, 1.82) is 0 Å². The maximum Gasteiger partial charge on any atom is 0.244 e. The lowest BCUT2D eigenvalue weighted by molar-refractivity contribution is 0.429. The van der Waals surface area contributed by atoms with Gasteiger partial charge in [0.25, 0.3) is 0 Å². The molecule has 20 heavy (non-hydrogen) atoms. The van der Waals surface area contributed by atoms with Crippen LogP contribution in [0.5, 0.6) is 0 Å². The average molecular weight is 360 g/mol. The van der Waals surface area contributed by atoms with Gasteiger partial charge >= 0.3 is 0 Å². The molecule has 1 fully saturated rings. The van der Waals surface area contributed by atoms with E-state index in [2.05, 4.69) is 0 Å². The molecule has 0 radical (unpaired) electrons. The van der Waals surface area contributed by atoms with Gasteiger partial charge in [0.05, 0.1) is 5.02 Å². The van der Waals surface area contributed by atoms with Crippen LogP contribution in [0.15, 0.2) is 23.1 Å². The fourth-order valence-electron chi connectivity index (χ4n) is 2.22. The quantitative estimate of drug-likeness (QED) is 0.902. The van der Waals surface area contributed by atoms with Crippen molar-refractivity contribution in [2.75, 3.05) is 13.1 Å². The van der Waals surface area contributed by atoms with E-state index < -0.39 is 10.0 Å². The molecule has 1 aliphatic rings. The Hall–Kier alpha value is -0.0400. The predicted molar refractivity (Wildman–Crippen MR) is 84.2 cm³/mol. The summed E-state index contributed by atoms with van der Waals surface area (Å²) in [7, 11) is -3.60. The Kier molecular flexibility index (Phi) is 6.14. The Morgan fingerprint density at radius 2 is 2.05 bits per heavy atom. The first-order valence-corrected chi connectivity index (χ1v) is 8.22. The third-order valence-electron chi connectivity index (χ3n) is 3.44. The molecule has 1 aromatic carbocycles. The van der Waals surface area contributed by atoms with Crippen LogP contribution < -0.4 is 5.73 Å². The molecule has 0 spiro atoms. The van der Waals surface area contributed by atoms with Crippen molar-refractivity contribution in [2.24, 2.45) is 11.7 Å². The summed E-state index contributed by atoms with van der Waals surface area (Å²) in [5.74, 6) is 0.188. The highest BCUT2D eigenvalue weighted by molar-refractivity contribution is 7.89. The maximum absolute atomic E-state index is 12.5. The number of hydrogen-bond donors (Lipinski definition) is 1. The second-order valence-electron chi connectivity index (χ2n) is 4.85. The first-order valence-electron chi connectivity index (χ1n) is 6.03. The third-order valence-corrected chi connectivity index (χ3v) is 6.02.